The van der Waals surface area contributed by atoms with Crippen molar-refractivity contribution in [3.05, 3.63) is 191 Å². The predicted molar refractivity (Wildman–Crippen MR) is 292 cm³/mol. The summed E-state index contributed by atoms with van der Waals surface area (Å²) in [6, 6.07) is 53.2. The van der Waals surface area contributed by atoms with Crippen molar-refractivity contribution >= 4 is 78.2 Å². The Bertz CT molecular complexity index is 3530. The van der Waals surface area contributed by atoms with E-state index in [9.17, 15) is 19.8 Å². The lowest BCUT2D eigenvalue weighted by atomic mass is 9.86. The molecule has 0 saturated carbocycles. The topological polar surface area (TPSA) is 130 Å². The molecular weight excluding hydrogens is 976 g/mol. The number of ether oxygens (including phenoxy) is 6. The molecule has 0 fully saturated rings. The van der Waals surface area contributed by atoms with Crippen molar-refractivity contribution < 1.29 is 48.2 Å². The van der Waals surface area contributed by atoms with Gasteiger partial charge in [-0.25, -0.2) is 9.59 Å². The van der Waals surface area contributed by atoms with Crippen molar-refractivity contribution in [1.29, 1.82) is 0 Å². The van der Waals surface area contributed by atoms with Gasteiger partial charge in [0.15, 0.2) is 0 Å². The summed E-state index contributed by atoms with van der Waals surface area (Å²) >= 11 is 13.6. The van der Waals surface area contributed by atoms with Crippen LogP contribution in [0, 0.1) is 0 Å². The maximum atomic E-state index is 11.9. The molecule has 0 radical (unpaired) electrons. The van der Waals surface area contributed by atoms with Gasteiger partial charge in [0.25, 0.3) is 0 Å². The van der Waals surface area contributed by atoms with E-state index in [-0.39, 0.29) is 64.0 Å². The van der Waals surface area contributed by atoms with Gasteiger partial charge in [-0.2, -0.15) is 0 Å². The SMILES string of the molecule is O=C(O)c1ccc(-c2cc3c(c4ccc(Cl)cc24)-c2c(cc(-c4ccc(C(=O)O)cc4)c4cc(Cl)ccc24)OCCOCCOc2ccc4ccccc4c2-c2c(ccc4ccccc24)OCCOCCO3)cc1. The summed E-state index contributed by atoms with van der Waals surface area (Å²) < 4.78 is 39.5. The van der Waals surface area contributed by atoms with Gasteiger partial charge in [0.2, 0.25) is 0 Å². The molecule has 10 aromatic carbocycles. The van der Waals surface area contributed by atoms with Gasteiger partial charge in [-0.15, -0.1) is 0 Å². The summed E-state index contributed by atoms with van der Waals surface area (Å²) in [7, 11) is 0. The summed E-state index contributed by atoms with van der Waals surface area (Å²) in [5.41, 5.74) is 6.55. The zero-order chi connectivity index (χ0) is 50.7. The average Bonchev–Trinajstić information content (AvgIpc) is 3.42. The van der Waals surface area contributed by atoms with E-state index in [4.69, 9.17) is 51.6 Å². The van der Waals surface area contributed by atoms with Crippen molar-refractivity contribution in [2.75, 3.05) is 52.9 Å². The molecule has 0 amide bonds. The van der Waals surface area contributed by atoms with Crippen LogP contribution >= 0.6 is 23.2 Å². The van der Waals surface area contributed by atoms with Crippen molar-refractivity contribution in [3.8, 4) is 67.5 Å². The fraction of sp³-hybridized carbons (Fsp3) is 0.129. The maximum Gasteiger partial charge on any atom is 0.335 e. The first kappa shape index (κ1) is 48.2. The molecule has 11 rings (SSSR count). The molecule has 0 spiro atoms. The van der Waals surface area contributed by atoms with Crippen molar-refractivity contribution in [1.82, 2.24) is 0 Å². The van der Waals surface area contributed by atoms with Crippen LogP contribution in [0.4, 0.5) is 0 Å². The molecule has 1 aliphatic heterocycles. The number of halogens is 2. The fourth-order valence-corrected chi connectivity index (χ4v) is 10.2. The molecule has 0 bridgehead atoms. The zero-order valence-corrected chi connectivity index (χ0v) is 41.3. The molecule has 368 valence electrons. The number of rotatable bonds is 4. The third-order valence-corrected chi connectivity index (χ3v) is 13.7. The van der Waals surface area contributed by atoms with Gasteiger partial charge >= 0.3 is 11.9 Å². The Morgan fingerprint density at radius 1 is 0.351 bits per heavy atom. The molecule has 0 aromatic heterocycles. The van der Waals surface area contributed by atoms with Crippen molar-refractivity contribution in [2.24, 2.45) is 0 Å². The highest BCUT2D eigenvalue weighted by Gasteiger charge is 2.25. The standard InChI is InChI=1S/C62H46Cl2O10/c63-43-19-21-47-51(33-43)49(39-9-13-41(14-10-39)61(65)66)35-55-59(47)60-48-22-20-44(64)34-52(48)50(40-11-15-42(16-12-40)62(67)68)36-56(60)74-32-28-70-26-30-72-54-24-18-38-6-2-4-8-46(38)58(54)57-45-7-3-1-5-37(45)17-23-53(57)71-29-25-69-27-31-73-55/h1-24,33-36H,25-32H2,(H,65,66)(H,67,68). The van der Waals surface area contributed by atoms with Gasteiger partial charge in [0.05, 0.1) is 37.6 Å². The summed E-state index contributed by atoms with van der Waals surface area (Å²) in [4.78, 5) is 23.9. The van der Waals surface area contributed by atoms with E-state index in [1.807, 2.05) is 84.9 Å². The van der Waals surface area contributed by atoms with Crippen LogP contribution in [0.25, 0.3) is 87.6 Å². The van der Waals surface area contributed by atoms with Gasteiger partial charge in [0.1, 0.15) is 49.4 Å². The molecule has 74 heavy (non-hydrogen) atoms. The number of benzene rings is 10. The Morgan fingerprint density at radius 2 is 0.716 bits per heavy atom. The van der Waals surface area contributed by atoms with E-state index in [1.165, 1.54) is 0 Å². The number of fused-ring (bicyclic) bond motifs is 14. The second-order valence-corrected chi connectivity index (χ2v) is 18.6. The minimum atomic E-state index is -1.03. The second kappa shape index (κ2) is 21.2. The van der Waals surface area contributed by atoms with Gasteiger partial charge in [-0.1, -0.05) is 120 Å². The molecule has 12 heteroatoms. The minimum Gasteiger partial charge on any atom is -0.491 e. The van der Waals surface area contributed by atoms with E-state index in [1.54, 1.807) is 48.5 Å². The normalized spacial score (nSPS) is 13.6. The highest BCUT2D eigenvalue weighted by molar-refractivity contribution is 6.33. The van der Waals surface area contributed by atoms with E-state index >= 15 is 0 Å². The highest BCUT2D eigenvalue weighted by Crippen LogP contribution is 2.51. The molecule has 0 aliphatic carbocycles. The van der Waals surface area contributed by atoms with Crippen molar-refractivity contribution in [3.63, 3.8) is 0 Å². The molecule has 1 heterocycles. The van der Waals surface area contributed by atoms with Crippen molar-refractivity contribution in [2.45, 2.75) is 0 Å². The van der Waals surface area contributed by atoms with Crippen LogP contribution in [-0.2, 0) is 9.47 Å². The smallest absolute Gasteiger partial charge is 0.335 e. The minimum absolute atomic E-state index is 0.142. The van der Waals surface area contributed by atoms with Crippen LogP contribution in [0.1, 0.15) is 20.7 Å². The molecular formula is C62H46Cl2O10. The molecule has 0 saturated heterocycles. The molecule has 1 aliphatic rings. The van der Waals surface area contributed by atoms with E-state index in [0.717, 1.165) is 76.5 Å². The maximum absolute atomic E-state index is 11.9. The van der Waals surface area contributed by atoms with E-state index in [0.29, 0.717) is 44.2 Å². The summed E-state index contributed by atoms with van der Waals surface area (Å²) in [6.07, 6.45) is 0. The Morgan fingerprint density at radius 3 is 1.11 bits per heavy atom. The highest BCUT2D eigenvalue weighted by atomic mass is 35.5. The van der Waals surface area contributed by atoms with Crippen LogP contribution in [0.3, 0.4) is 0 Å². The summed E-state index contributed by atoms with van der Waals surface area (Å²) in [5, 5.41) is 27.8. The lowest BCUT2D eigenvalue weighted by Gasteiger charge is -2.23. The van der Waals surface area contributed by atoms with Gasteiger partial charge in [-0.3, -0.25) is 0 Å². The van der Waals surface area contributed by atoms with Gasteiger partial charge in [-0.05, 0) is 138 Å². The number of carbonyl (C=O) groups is 2. The Hall–Kier alpha value is -8.12. The number of aromatic carboxylic acids is 2. The first-order valence-corrected chi connectivity index (χ1v) is 24.9. The quantitative estimate of drug-likeness (QED) is 0.176. The van der Waals surface area contributed by atoms with E-state index in [2.05, 4.69) is 36.4 Å². The van der Waals surface area contributed by atoms with Crippen LogP contribution in [0.15, 0.2) is 170 Å². The third kappa shape index (κ3) is 9.64. The average molecular weight is 1020 g/mol. The molecule has 2 N–H and O–H groups in total. The number of carboxylic acid groups (broad SMARTS) is 2. The number of hydrogen-bond donors (Lipinski definition) is 2. The number of carboxylic acids is 2. The summed E-state index contributed by atoms with van der Waals surface area (Å²) in [5.74, 6) is 0.315. The lowest BCUT2D eigenvalue weighted by Crippen LogP contribution is -2.14. The monoisotopic (exact) mass is 1020 g/mol. The predicted octanol–water partition coefficient (Wildman–Crippen LogP) is 14.9. The lowest BCUT2D eigenvalue weighted by molar-refractivity contribution is 0.0686. The zero-order valence-electron chi connectivity index (χ0n) is 39.7. The van der Waals surface area contributed by atoms with Crippen LogP contribution in [0.5, 0.6) is 23.0 Å². The Kier molecular flexibility index (Phi) is 13.8. The van der Waals surface area contributed by atoms with Gasteiger partial charge in [0, 0.05) is 32.3 Å². The first-order chi connectivity index (χ1) is 36.2. The third-order valence-electron chi connectivity index (χ3n) is 13.2. The summed E-state index contributed by atoms with van der Waals surface area (Å²) in [6.45, 7) is 1.71. The van der Waals surface area contributed by atoms with E-state index < -0.39 is 11.9 Å². The van der Waals surface area contributed by atoms with Crippen LogP contribution in [0.2, 0.25) is 10.0 Å². The van der Waals surface area contributed by atoms with Crippen LogP contribution < -0.4 is 18.9 Å². The van der Waals surface area contributed by atoms with Gasteiger partial charge < -0.3 is 38.6 Å². The van der Waals surface area contributed by atoms with Crippen LogP contribution in [-0.4, -0.2) is 75.0 Å². The molecule has 10 nitrogen and oxygen atoms in total. The number of hydrogen-bond acceptors (Lipinski definition) is 8. The first-order valence-electron chi connectivity index (χ1n) is 24.1. The largest absolute Gasteiger partial charge is 0.491 e. The Labute approximate surface area is 435 Å². The second-order valence-electron chi connectivity index (χ2n) is 17.7. The Balaban J connectivity index is 1.04. The molecule has 0 unspecified atom stereocenters. The molecule has 10 aromatic rings. The fourth-order valence-electron chi connectivity index (χ4n) is 9.85. The molecule has 0 atom stereocenters.